The summed E-state index contributed by atoms with van der Waals surface area (Å²) in [6, 6.07) is 12.0. The number of pyridine rings is 1. The molecule has 0 atom stereocenters. The maximum Gasteiger partial charge on any atom is 0.264 e. The Morgan fingerprint density at radius 2 is 1.84 bits per heavy atom. The number of para-hydroxylation sites is 1. The van der Waals surface area contributed by atoms with Crippen molar-refractivity contribution in [2.75, 3.05) is 17.9 Å². The van der Waals surface area contributed by atoms with Gasteiger partial charge in [0.15, 0.2) is 11.5 Å². The van der Waals surface area contributed by atoms with Crippen molar-refractivity contribution in [3.05, 3.63) is 54.2 Å². The highest BCUT2D eigenvalue weighted by Gasteiger charge is 2.20. The number of nitrogens with one attached hydrogen (secondary N) is 1. The van der Waals surface area contributed by atoms with Crippen molar-refractivity contribution in [2.24, 2.45) is 0 Å². The third-order valence-electron chi connectivity index (χ3n) is 3.89. The van der Waals surface area contributed by atoms with Crippen LogP contribution >= 0.6 is 0 Å². The van der Waals surface area contributed by atoms with E-state index in [1.807, 2.05) is 19.1 Å². The van der Waals surface area contributed by atoms with Crippen LogP contribution in [0.4, 0.5) is 5.69 Å². The van der Waals surface area contributed by atoms with Crippen molar-refractivity contribution in [1.29, 1.82) is 0 Å². The fraction of sp³-hybridized carbons (Fsp3) is 0.167. The Balaban J connectivity index is 1.73. The van der Waals surface area contributed by atoms with Crippen LogP contribution in [0.1, 0.15) is 5.56 Å². The molecule has 0 fully saturated rings. The first-order chi connectivity index (χ1) is 12.0. The quantitative estimate of drug-likeness (QED) is 0.780. The second kappa shape index (κ2) is 5.93. The smallest absolute Gasteiger partial charge is 0.264 e. The van der Waals surface area contributed by atoms with Crippen LogP contribution in [0.25, 0.3) is 10.9 Å². The van der Waals surface area contributed by atoms with Crippen molar-refractivity contribution >= 4 is 26.6 Å². The summed E-state index contributed by atoms with van der Waals surface area (Å²) >= 11 is 0. The Labute approximate surface area is 145 Å². The molecule has 0 unspecified atom stereocenters. The summed E-state index contributed by atoms with van der Waals surface area (Å²) in [4.78, 5) is 4.43. The Hall–Kier alpha value is -2.80. The molecule has 0 spiro atoms. The number of aryl methyl sites for hydroxylation is 1. The van der Waals surface area contributed by atoms with Gasteiger partial charge in [-0.15, -0.1) is 0 Å². The minimum atomic E-state index is -3.79. The lowest BCUT2D eigenvalue weighted by Crippen LogP contribution is -2.17. The van der Waals surface area contributed by atoms with Crippen molar-refractivity contribution < 1.29 is 17.9 Å². The number of hydrogen-bond donors (Lipinski definition) is 1. The van der Waals surface area contributed by atoms with Crippen LogP contribution in [0.2, 0.25) is 0 Å². The first-order valence-corrected chi connectivity index (χ1v) is 9.29. The van der Waals surface area contributed by atoms with Gasteiger partial charge in [-0.3, -0.25) is 9.71 Å². The van der Waals surface area contributed by atoms with Crippen LogP contribution in [0.3, 0.4) is 0 Å². The van der Waals surface area contributed by atoms with Crippen molar-refractivity contribution in [1.82, 2.24) is 4.98 Å². The molecule has 1 aromatic heterocycles. The molecule has 128 valence electrons. The lowest BCUT2D eigenvalue weighted by Gasteiger charge is -2.19. The van der Waals surface area contributed by atoms with Crippen LogP contribution in [-0.2, 0) is 10.0 Å². The fourth-order valence-corrected chi connectivity index (χ4v) is 4.01. The number of rotatable bonds is 3. The Morgan fingerprint density at radius 1 is 1.04 bits per heavy atom. The Bertz CT molecular complexity index is 1060. The molecule has 2 aromatic carbocycles. The highest BCUT2D eigenvalue weighted by molar-refractivity contribution is 7.93. The maximum atomic E-state index is 12.8. The molecule has 4 rings (SSSR count). The van der Waals surface area contributed by atoms with E-state index in [9.17, 15) is 8.42 Å². The number of ether oxygens (including phenoxy) is 2. The van der Waals surface area contributed by atoms with Crippen LogP contribution in [0, 0.1) is 6.92 Å². The summed E-state index contributed by atoms with van der Waals surface area (Å²) in [5, 5.41) is 0.782. The van der Waals surface area contributed by atoms with Gasteiger partial charge in [-0.05, 0) is 36.8 Å². The number of fused-ring (bicyclic) bond motifs is 2. The highest BCUT2D eigenvalue weighted by Crippen LogP contribution is 2.33. The van der Waals surface area contributed by atoms with E-state index in [1.54, 1.807) is 36.5 Å². The second-order valence-corrected chi connectivity index (χ2v) is 7.46. The van der Waals surface area contributed by atoms with E-state index < -0.39 is 10.0 Å². The van der Waals surface area contributed by atoms with Gasteiger partial charge in [0.1, 0.15) is 18.1 Å². The topological polar surface area (TPSA) is 77.5 Å². The maximum absolute atomic E-state index is 12.8. The van der Waals surface area contributed by atoms with E-state index in [-0.39, 0.29) is 4.90 Å². The second-order valence-electron chi connectivity index (χ2n) is 5.80. The summed E-state index contributed by atoms with van der Waals surface area (Å²) < 4.78 is 39.2. The molecule has 7 heteroatoms. The van der Waals surface area contributed by atoms with Crippen molar-refractivity contribution in [3.63, 3.8) is 0 Å². The first kappa shape index (κ1) is 15.7. The summed E-state index contributed by atoms with van der Waals surface area (Å²) in [6.45, 7) is 2.84. The van der Waals surface area contributed by atoms with Crippen molar-refractivity contribution in [2.45, 2.75) is 11.8 Å². The van der Waals surface area contributed by atoms with E-state index in [0.717, 1.165) is 10.9 Å². The van der Waals surface area contributed by atoms with Crippen LogP contribution in [0.5, 0.6) is 11.5 Å². The monoisotopic (exact) mass is 356 g/mol. The van der Waals surface area contributed by atoms with Gasteiger partial charge in [0.25, 0.3) is 10.0 Å². The van der Waals surface area contributed by atoms with Crippen LogP contribution < -0.4 is 14.2 Å². The van der Waals surface area contributed by atoms with Crippen LogP contribution in [-0.4, -0.2) is 26.6 Å². The molecular formula is C18H16N2O4S. The predicted octanol–water partition coefficient (Wildman–Crippen LogP) is 3.12. The molecule has 0 saturated heterocycles. The zero-order valence-corrected chi connectivity index (χ0v) is 14.3. The molecule has 25 heavy (non-hydrogen) atoms. The number of benzene rings is 2. The van der Waals surface area contributed by atoms with E-state index in [1.165, 1.54) is 0 Å². The summed E-state index contributed by atoms with van der Waals surface area (Å²) in [7, 11) is -3.79. The molecule has 0 amide bonds. The molecule has 6 nitrogen and oxygen atoms in total. The van der Waals surface area contributed by atoms with E-state index >= 15 is 0 Å². The molecule has 0 bridgehead atoms. The number of anilines is 1. The van der Waals surface area contributed by atoms with Gasteiger partial charge in [0.05, 0.1) is 11.2 Å². The molecule has 1 N–H and O–H groups in total. The van der Waals surface area contributed by atoms with Gasteiger partial charge in [0.2, 0.25) is 0 Å². The molecule has 1 aliphatic rings. The molecule has 0 saturated carbocycles. The standard InChI is InChI=1S/C18H16N2O4S/c1-12-9-13-3-2-4-17(18(13)19-11-12)25(21,22)20-14-5-6-15-16(10-14)24-8-7-23-15/h2-6,9-11,20H,7-8H2,1H3. The fourth-order valence-electron chi connectivity index (χ4n) is 2.78. The Morgan fingerprint density at radius 3 is 2.68 bits per heavy atom. The molecule has 3 aromatic rings. The van der Waals surface area contributed by atoms with E-state index in [4.69, 9.17) is 9.47 Å². The van der Waals surface area contributed by atoms with E-state index in [0.29, 0.717) is 35.9 Å². The molecule has 0 aliphatic carbocycles. The summed E-state index contributed by atoms with van der Waals surface area (Å²) in [5.41, 5.74) is 1.83. The number of hydrogen-bond acceptors (Lipinski definition) is 5. The average Bonchev–Trinajstić information content (AvgIpc) is 2.60. The average molecular weight is 356 g/mol. The van der Waals surface area contributed by atoms with Gasteiger partial charge < -0.3 is 9.47 Å². The first-order valence-electron chi connectivity index (χ1n) is 7.81. The third-order valence-corrected chi connectivity index (χ3v) is 5.31. The van der Waals surface area contributed by atoms with Gasteiger partial charge in [-0.1, -0.05) is 12.1 Å². The lowest BCUT2D eigenvalue weighted by atomic mass is 10.2. The molecular weight excluding hydrogens is 340 g/mol. The number of aromatic nitrogens is 1. The third kappa shape index (κ3) is 2.98. The highest BCUT2D eigenvalue weighted by atomic mass is 32.2. The van der Waals surface area contributed by atoms with Gasteiger partial charge in [-0.2, -0.15) is 0 Å². The normalized spacial score (nSPS) is 13.6. The number of nitrogens with zero attached hydrogens (tertiary/aromatic N) is 1. The van der Waals surface area contributed by atoms with Gasteiger partial charge in [-0.25, -0.2) is 8.42 Å². The van der Waals surface area contributed by atoms with Gasteiger partial charge >= 0.3 is 0 Å². The van der Waals surface area contributed by atoms with Crippen molar-refractivity contribution in [3.8, 4) is 11.5 Å². The minimum Gasteiger partial charge on any atom is -0.486 e. The molecule has 2 heterocycles. The SMILES string of the molecule is Cc1cnc2c(S(=O)(=O)Nc3ccc4c(c3)OCCO4)cccc2c1. The summed E-state index contributed by atoms with van der Waals surface area (Å²) in [6.07, 6.45) is 1.66. The Kier molecular flexibility index (Phi) is 3.73. The van der Waals surface area contributed by atoms with Gasteiger partial charge in [0, 0.05) is 17.6 Å². The zero-order valence-electron chi connectivity index (χ0n) is 13.5. The predicted molar refractivity (Wildman–Crippen MR) is 94.7 cm³/mol. The lowest BCUT2D eigenvalue weighted by molar-refractivity contribution is 0.171. The number of sulfonamides is 1. The van der Waals surface area contributed by atoms with E-state index in [2.05, 4.69) is 9.71 Å². The molecule has 1 aliphatic heterocycles. The minimum absolute atomic E-state index is 0.139. The van der Waals surface area contributed by atoms with Crippen LogP contribution in [0.15, 0.2) is 53.6 Å². The zero-order chi connectivity index (χ0) is 17.4. The molecule has 0 radical (unpaired) electrons. The summed E-state index contributed by atoms with van der Waals surface area (Å²) in [5.74, 6) is 1.13. The largest absolute Gasteiger partial charge is 0.486 e.